The lowest BCUT2D eigenvalue weighted by Crippen LogP contribution is -2.38. The van der Waals surface area contributed by atoms with Gasteiger partial charge < -0.3 is 18.8 Å². The van der Waals surface area contributed by atoms with Gasteiger partial charge in [0.15, 0.2) is 11.6 Å². The molecule has 2 aromatic rings. The summed E-state index contributed by atoms with van der Waals surface area (Å²) in [6, 6.07) is -0.0684. The van der Waals surface area contributed by atoms with Crippen LogP contribution in [-0.2, 0) is 30.7 Å². The van der Waals surface area contributed by atoms with E-state index in [1.54, 1.807) is 11.8 Å². The van der Waals surface area contributed by atoms with Crippen LogP contribution in [0.2, 0.25) is 0 Å². The predicted molar refractivity (Wildman–Crippen MR) is 104 cm³/mol. The Morgan fingerprint density at radius 1 is 1.07 bits per heavy atom. The number of aromatic nitrogens is 3. The minimum Gasteiger partial charge on any atom is -0.465 e. The van der Waals surface area contributed by atoms with Gasteiger partial charge in [0.05, 0.1) is 18.2 Å². The van der Waals surface area contributed by atoms with Crippen LogP contribution in [0.25, 0.3) is 0 Å². The molecular formula is C21H27N5O3. The minimum absolute atomic E-state index is 0.0543. The summed E-state index contributed by atoms with van der Waals surface area (Å²) in [5.41, 5.74) is 1.89. The average molecular weight is 397 g/mol. The molecule has 5 rings (SSSR count). The van der Waals surface area contributed by atoms with Crippen molar-refractivity contribution in [2.24, 2.45) is 0 Å². The Hall–Kier alpha value is -2.64. The fraction of sp³-hybridized carbons (Fsp3) is 0.619. The molecule has 0 radical (unpaired) electrons. The lowest BCUT2D eigenvalue weighted by molar-refractivity contribution is -0.130. The molecule has 3 aliphatic rings. The number of hydrogen-bond acceptors (Lipinski definition) is 5. The molecule has 0 saturated carbocycles. The molecule has 1 fully saturated rings. The van der Waals surface area contributed by atoms with Gasteiger partial charge in [-0.15, -0.1) is 10.2 Å². The first-order chi connectivity index (χ1) is 14.0. The minimum atomic E-state index is -0.0684. The van der Waals surface area contributed by atoms with Crippen LogP contribution >= 0.6 is 0 Å². The van der Waals surface area contributed by atoms with E-state index in [9.17, 15) is 9.59 Å². The summed E-state index contributed by atoms with van der Waals surface area (Å²) in [5, 5.41) is 8.80. The molecule has 154 valence electrons. The largest absolute Gasteiger partial charge is 0.465 e. The first-order valence-corrected chi connectivity index (χ1v) is 10.6. The summed E-state index contributed by atoms with van der Waals surface area (Å²) in [6.45, 7) is 6.03. The lowest BCUT2D eigenvalue weighted by Gasteiger charge is -2.29. The van der Waals surface area contributed by atoms with Crippen molar-refractivity contribution in [2.75, 3.05) is 13.1 Å². The first-order valence-electron chi connectivity index (χ1n) is 10.6. The molecule has 1 atom stereocenters. The Bertz CT molecular complexity index is 975. The fourth-order valence-corrected chi connectivity index (χ4v) is 5.10. The third-order valence-electron chi connectivity index (χ3n) is 6.60. The summed E-state index contributed by atoms with van der Waals surface area (Å²) in [6.07, 6.45) is 5.93. The summed E-state index contributed by atoms with van der Waals surface area (Å²) in [5.74, 6) is 3.51. The second-order valence-corrected chi connectivity index (χ2v) is 8.37. The molecule has 29 heavy (non-hydrogen) atoms. The van der Waals surface area contributed by atoms with Gasteiger partial charge in [-0.2, -0.15) is 0 Å². The van der Waals surface area contributed by atoms with Gasteiger partial charge in [0.2, 0.25) is 5.91 Å². The van der Waals surface area contributed by atoms with Crippen molar-refractivity contribution in [3.8, 4) is 0 Å². The van der Waals surface area contributed by atoms with Crippen LogP contribution in [0.3, 0.4) is 0 Å². The number of carbonyl (C=O) groups excluding carboxylic acids is 2. The normalized spacial score (nSPS) is 21.2. The molecule has 4 heterocycles. The van der Waals surface area contributed by atoms with Gasteiger partial charge >= 0.3 is 0 Å². The molecule has 2 amide bonds. The van der Waals surface area contributed by atoms with E-state index in [4.69, 9.17) is 4.42 Å². The van der Waals surface area contributed by atoms with Gasteiger partial charge in [0, 0.05) is 38.5 Å². The second kappa shape index (κ2) is 7.00. The summed E-state index contributed by atoms with van der Waals surface area (Å²) in [4.78, 5) is 29.0. The van der Waals surface area contributed by atoms with E-state index in [-0.39, 0.29) is 17.9 Å². The number of hydrogen-bond donors (Lipinski definition) is 0. The Kier molecular flexibility index (Phi) is 4.44. The van der Waals surface area contributed by atoms with E-state index < -0.39 is 0 Å². The average Bonchev–Trinajstić information content (AvgIpc) is 3.42. The number of rotatable bonds is 2. The Morgan fingerprint density at radius 2 is 1.90 bits per heavy atom. The SMILES string of the molecule is CC(=O)N1CCn2c(nnc2[C@@H]2CCCN2C(=O)c2c(C)oc3c2CCCC3)C1. The van der Waals surface area contributed by atoms with Gasteiger partial charge in [-0.05, 0) is 39.0 Å². The van der Waals surface area contributed by atoms with Crippen LogP contribution in [0.4, 0.5) is 0 Å². The van der Waals surface area contributed by atoms with E-state index in [0.717, 1.165) is 79.4 Å². The zero-order valence-electron chi connectivity index (χ0n) is 17.1. The smallest absolute Gasteiger partial charge is 0.258 e. The number of amides is 2. The van der Waals surface area contributed by atoms with Crippen LogP contribution in [0.15, 0.2) is 4.42 Å². The van der Waals surface area contributed by atoms with Crippen molar-refractivity contribution in [1.82, 2.24) is 24.6 Å². The van der Waals surface area contributed by atoms with E-state index in [1.807, 2.05) is 11.8 Å². The van der Waals surface area contributed by atoms with E-state index >= 15 is 0 Å². The van der Waals surface area contributed by atoms with Crippen molar-refractivity contribution >= 4 is 11.8 Å². The van der Waals surface area contributed by atoms with E-state index in [0.29, 0.717) is 19.6 Å². The van der Waals surface area contributed by atoms with Crippen LogP contribution in [0.1, 0.15) is 77.7 Å². The number of aryl methyl sites for hydroxylation is 2. The van der Waals surface area contributed by atoms with Crippen molar-refractivity contribution in [3.63, 3.8) is 0 Å². The highest BCUT2D eigenvalue weighted by Gasteiger charge is 2.38. The number of fused-ring (bicyclic) bond motifs is 2. The Labute approximate surface area is 169 Å². The number of likely N-dealkylation sites (tertiary alicyclic amines) is 1. The second-order valence-electron chi connectivity index (χ2n) is 8.37. The molecule has 8 nitrogen and oxygen atoms in total. The zero-order chi connectivity index (χ0) is 20.1. The van der Waals surface area contributed by atoms with Crippen molar-refractivity contribution < 1.29 is 14.0 Å². The summed E-state index contributed by atoms with van der Waals surface area (Å²) < 4.78 is 8.05. The summed E-state index contributed by atoms with van der Waals surface area (Å²) in [7, 11) is 0. The molecular weight excluding hydrogens is 370 g/mol. The fourth-order valence-electron chi connectivity index (χ4n) is 5.10. The molecule has 0 spiro atoms. The molecule has 1 saturated heterocycles. The third-order valence-corrected chi connectivity index (χ3v) is 6.60. The van der Waals surface area contributed by atoms with Crippen molar-refractivity contribution in [3.05, 3.63) is 34.3 Å². The van der Waals surface area contributed by atoms with Crippen molar-refractivity contribution in [1.29, 1.82) is 0 Å². The molecule has 2 aliphatic heterocycles. The molecule has 1 aliphatic carbocycles. The van der Waals surface area contributed by atoms with Crippen molar-refractivity contribution in [2.45, 2.75) is 71.5 Å². The molecule has 0 aromatic carbocycles. The Morgan fingerprint density at radius 3 is 2.72 bits per heavy atom. The quantitative estimate of drug-likeness (QED) is 0.777. The van der Waals surface area contributed by atoms with E-state index in [1.165, 1.54) is 0 Å². The third kappa shape index (κ3) is 2.96. The van der Waals surface area contributed by atoms with E-state index in [2.05, 4.69) is 14.8 Å². The molecule has 2 aromatic heterocycles. The number of nitrogens with zero attached hydrogens (tertiary/aromatic N) is 5. The molecule has 0 N–H and O–H groups in total. The molecule has 8 heteroatoms. The standard InChI is InChI=1S/C21H27N5O3/c1-13-19(15-6-3-4-8-17(15)29-13)21(28)25-9-5-7-16(25)20-23-22-18-12-24(14(2)27)10-11-26(18)20/h16H,3-12H2,1-2H3/t16-/m0/s1. The van der Waals surface area contributed by atoms with Gasteiger partial charge in [-0.25, -0.2) is 0 Å². The topological polar surface area (TPSA) is 84.5 Å². The monoisotopic (exact) mass is 397 g/mol. The Balaban J connectivity index is 1.44. The van der Waals surface area contributed by atoms with Crippen LogP contribution in [0.5, 0.6) is 0 Å². The van der Waals surface area contributed by atoms with Gasteiger partial charge in [-0.1, -0.05) is 0 Å². The van der Waals surface area contributed by atoms with Crippen LogP contribution in [0, 0.1) is 6.92 Å². The summed E-state index contributed by atoms with van der Waals surface area (Å²) >= 11 is 0. The highest BCUT2D eigenvalue weighted by Crippen LogP contribution is 2.36. The predicted octanol–water partition coefficient (Wildman–Crippen LogP) is 2.40. The molecule has 0 bridgehead atoms. The highest BCUT2D eigenvalue weighted by molar-refractivity contribution is 5.97. The van der Waals surface area contributed by atoms with Crippen LogP contribution in [-0.4, -0.2) is 49.5 Å². The highest BCUT2D eigenvalue weighted by atomic mass is 16.3. The van der Waals surface area contributed by atoms with Gasteiger partial charge in [0.25, 0.3) is 5.91 Å². The number of furan rings is 1. The van der Waals surface area contributed by atoms with Gasteiger partial charge in [0.1, 0.15) is 11.5 Å². The number of carbonyl (C=O) groups is 2. The maximum atomic E-state index is 13.6. The van der Waals surface area contributed by atoms with Gasteiger partial charge in [-0.3, -0.25) is 9.59 Å². The van der Waals surface area contributed by atoms with Crippen LogP contribution < -0.4 is 0 Å². The first kappa shape index (κ1) is 18.4. The lowest BCUT2D eigenvalue weighted by atomic mass is 9.94. The molecule has 0 unspecified atom stereocenters. The maximum Gasteiger partial charge on any atom is 0.258 e. The zero-order valence-corrected chi connectivity index (χ0v) is 17.1. The maximum absolute atomic E-state index is 13.6.